The Morgan fingerprint density at radius 1 is 1.08 bits per heavy atom. The molecule has 2 aliphatic rings. The molecule has 0 unspecified atom stereocenters. The number of benzene rings is 1. The van der Waals surface area contributed by atoms with E-state index in [4.69, 9.17) is 10.1 Å². The zero-order chi connectivity index (χ0) is 25.8. The van der Waals surface area contributed by atoms with Crippen LogP contribution in [0.25, 0.3) is 22.3 Å². The van der Waals surface area contributed by atoms with E-state index in [2.05, 4.69) is 27.3 Å². The molecule has 0 aliphatic heterocycles. The summed E-state index contributed by atoms with van der Waals surface area (Å²) in [6, 6.07) is 7.06. The minimum absolute atomic E-state index is 0.102. The highest BCUT2D eigenvalue weighted by Gasteiger charge is 2.25. The SMILES string of the molecule is CCCCNc1ncc2c(-c3ccc(S(=O)(=O)NCC(=O)NC4CC4)cc3)nn(C3CCCCC3)c2n1. The summed E-state index contributed by atoms with van der Waals surface area (Å²) in [5.41, 5.74) is 2.33. The van der Waals surface area contributed by atoms with Crippen LogP contribution in [0.15, 0.2) is 35.4 Å². The topological polar surface area (TPSA) is 131 Å². The summed E-state index contributed by atoms with van der Waals surface area (Å²) in [5, 5.41) is 11.9. The first kappa shape index (κ1) is 25.6. The van der Waals surface area contributed by atoms with Crippen LogP contribution in [0, 0.1) is 0 Å². The van der Waals surface area contributed by atoms with Gasteiger partial charge in [-0.2, -0.15) is 10.1 Å². The first-order chi connectivity index (χ1) is 17.9. The lowest BCUT2D eigenvalue weighted by Crippen LogP contribution is -2.37. The molecule has 2 fully saturated rings. The van der Waals surface area contributed by atoms with Crippen LogP contribution in [0.5, 0.6) is 0 Å². The zero-order valence-corrected chi connectivity index (χ0v) is 22.1. The standard InChI is InChI=1S/C26H35N7O3S/c1-2-3-15-27-26-28-16-22-24(32-33(25(22)31-26)20-7-5-4-6-8-20)18-9-13-21(14-10-18)37(35,36)29-17-23(34)30-19-11-12-19/h9-10,13-14,16,19-20,29H,2-8,11-12,15,17H2,1H3,(H,30,34)(H,27,28,31). The van der Waals surface area contributed by atoms with Crippen LogP contribution < -0.4 is 15.4 Å². The van der Waals surface area contributed by atoms with E-state index in [1.165, 1.54) is 19.3 Å². The van der Waals surface area contributed by atoms with Gasteiger partial charge in [0, 0.05) is 24.3 Å². The molecular weight excluding hydrogens is 490 g/mol. The number of rotatable bonds is 11. The molecule has 2 aromatic heterocycles. The van der Waals surface area contributed by atoms with Crippen molar-refractivity contribution in [2.75, 3.05) is 18.4 Å². The monoisotopic (exact) mass is 525 g/mol. The number of aromatic nitrogens is 4. The molecule has 0 bridgehead atoms. The predicted octanol–water partition coefficient (Wildman–Crippen LogP) is 3.77. The van der Waals surface area contributed by atoms with E-state index in [1.807, 2.05) is 10.9 Å². The molecular formula is C26H35N7O3S. The van der Waals surface area contributed by atoms with Crippen LogP contribution in [-0.2, 0) is 14.8 Å². The van der Waals surface area contributed by atoms with Crippen LogP contribution in [0.1, 0.15) is 70.8 Å². The van der Waals surface area contributed by atoms with Gasteiger partial charge in [-0.1, -0.05) is 44.7 Å². The number of hydrogen-bond acceptors (Lipinski definition) is 7. The maximum Gasteiger partial charge on any atom is 0.241 e. The van der Waals surface area contributed by atoms with Gasteiger partial charge in [0.25, 0.3) is 0 Å². The molecule has 0 radical (unpaired) electrons. The number of carbonyl (C=O) groups excluding carboxylic acids is 1. The molecule has 1 amide bonds. The molecule has 1 aromatic carbocycles. The van der Waals surface area contributed by atoms with Crippen molar-refractivity contribution in [1.29, 1.82) is 0 Å². The number of sulfonamides is 1. The zero-order valence-electron chi connectivity index (χ0n) is 21.2. The lowest BCUT2D eigenvalue weighted by atomic mass is 9.96. The summed E-state index contributed by atoms with van der Waals surface area (Å²) in [4.78, 5) is 21.4. The Morgan fingerprint density at radius 2 is 1.84 bits per heavy atom. The Hall–Kier alpha value is -3.05. The van der Waals surface area contributed by atoms with Gasteiger partial charge < -0.3 is 10.6 Å². The van der Waals surface area contributed by atoms with Gasteiger partial charge in [0.05, 0.1) is 22.9 Å². The number of nitrogens with zero attached hydrogens (tertiary/aromatic N) is 4. The highest BCUT2D eigenvalue weighted by molar-refractivity contribution is 7.89. The summed E-state index contributed by atoms with van der Waals surface area (Å²) in [6.45, 7) is 2.69. The van der Waals surface area contributed by atoms with E-state index in [9.17, 15) is 13.2 Å². The molecule has 0 saturated heterocycles. The maximum absolute atomic E-state index is 12.7. The smallest absolute Gasteiger partial charge is 0.241 e. The van der Waals surface area contributed by atoms with Crippen LogP contribution >= 0.6 is 0 Å². The third-order valence-corrected chi connectivity index (χ3v) is 8.40. The van der Waals surface area contributed by atoms with Crippen LogP contribution in [-0.4, -0.2) is 53.2 Å². The Bertz CT molecular complexity index is 1340. The van der Waals surface area contributed by atoms with E-state index in [-0.39, 0.29) is 29.4 Å². The second-order valence-corrected chi connectivity index (χ2v) is 11.8. The van der Waals surface area contributed by atoms with Gasteiger partial charge in [-0.05, 0) is 44.2 Å². The largest absolute Gasteiger partial charge is 0.354 e. The molecule has 2 heterocycles. The first-order valence-corrected chi connectivity index (χ1v) is 14.8. The highest BCUT2D eigenvalue weighted by Crippen LogP contribution is 2.34. The fourth-order valence-electron chi connectivity index (χ4n) is 4.72. The van der Waals surface area contributed by atoms with Crippen molar-refractivity contribution >= 4 is 32.9 Å². The summed E-state index contributed by atoms with van der Waals surface area (Å²) in [6.07, 6.45) is 11.6. The lowest BCUT2D eigenvalue weighted by molar-refractivity contribution is -0.120. The molecule has 5 rings (SSSR count). The molecule has 0 spiro atoms. The number of carbonyl (C=O) groups is 1. The third kappa shape index (κ3) is 6.10. The van der Waals surface area contributed by atoms with Gasteiger partial charge in [-0.25, -0.2) is 22.8 Å². The third-order valence-electron chi connectivity index (χ3n) is 6.99. The second-order valence-electron chi connectivity index (χ2n) is 9.99. The van der Waals surface area contributed by atoms with Gasteiger partial charge in [0.1, 0.15) is 5.69 Å². The number of amides is 1. The maximum atomic E-state index is 12.7. The lowest BCUT2D eigenvalue weighted by Gasteiger charge is -2.22. The Kier molecular flexibility index (Phi) is 7.71. The minimum Gasteiger partial charge on any atom is -0.354 e. The van der Waals surface area contributed by atoms with Crippen molar-refractivity contribution in [2.45, 2.75) is 81.7 Å². The number of fused-ring (bicyclic) bond motifs is 1. The molecule has 2 aliphatic carbocycles. The van der Waals surface area contributed by atoms with Crippen LogP contribution in [0.2, 0.25) is 0 Å². The van der Waals surface area contributed by atoms with Crippen LogP contribution in [0.3, 0.4) is 0 Å². The van der Waals surface area contributed by atoms with E-state index >= 15 is 0 Å². The molecule has 2 saturated carbocycles. The molecule has 10 nitrogen and oxygen atoms in total. The molecule has 11 heteroatoms. The fourth-order valence-corrected chi connectivity index (χ4v) is 5.70. The minimum atomic E-state index is -3.81. The number of hydrogen-bond donors (Lipinski definition) is 3. The average molecular weight is 526 g/mol. The summed E-state index contributed by atoms with van der Waals surface area (Å²) >= 11 is 0. The van der Waals surface area contributed by atoms with E-state index in [0.29, 0.717) is 5.95 Å². The Labute approximate surface area is 217 Å². The fraction of sp³-hybridized carbons (Fsp3) is 0.538. The van der Waals surface area contributed by atoms with Crippen molar-refractivity contribution in [3.63, 3.8) is 0 Å². The van der Waals surface area contributed by atoms with Crippen molar-refractivity contribution in [2.24, 2.45) is 0 Å². The normalized spacial score (nSPS) is 16.7. The van der Waals surface area contributed by atoms with Crippen molar-refractivity contribution in [3.05, 3.63) is 30.5 Å². The highest BCUT2D eigenvalue weighted by atomic mass is 32.2. The average Bonchev–Trinajstić information content (AvgIpc) is 3.65. The quantitative estimate of drug-likeness (QED) is 0.325. The van der Waals surface area contributed by atoms with E-state index in [0.717, 1.165) is 67.4 Å². The van der Waals surface area contributed by atoms with Gasteiger partial charge in [-0.15, -0.1) is 0 Å². The summed E-state index contributed by atoms with van der Waals surface area (Å²) < 4.78 is 29.9. The Balaban J connectivity index is 1.40. The summed E-state index contributed by atoms with van der Waals surface area (Å²) in [5.74, 6) is 0.286. The second kappa shape index (κ2) is 11.1. The predicted molar refractivity (Wildman–Crippen MR) is 143 cm³/mol. The van der Waals surface area contributed by atoms with Crippen molar-refractivity contribution < 1.29 is 13.2 Å². The Morgan fingerprint density at radius 3 is 2.54 bits per heavy atom. The molecule has 3 N–H and O–H groups in total. The van der Waals surface area contributed by atoms with Gasteiger partial charge >= 0.3 is 0 Å². The molecule has 0 atom stereocenters. The summed E-state index contributed by atoms with van der Waals surface area (Å²) in [7, 11) is -3.81. The van der Waals surface area contributed by atoms with E-state index < -0.39 is 10.0 Å². The molecule has 3 aromatic rings. The van der Waals surface area contributed by atoms with Crippen molar-refractivity contribution in [1.82, 2.24) is 29.8 Å². The van der Waals surface area contributed by atoms with Gasteiger partial charge in [-0.3, -0.25) is 4.79 Å². The molecule has 198 valence electrons. The number of unbranched alkanes of at least 4 members (excludes halogenated alkanes) is 1. The first-order valence-electron chi connectivity index (χ1n) is 13.3. The van der Waals surface area contributed by atoms with Gasteiger partial charge in [0.15, 0.2) is 5.65 Å². The van der Waals surface area contributed by atoms with Crippen LogP contribution in [0.4, 0.5) is 5.95 Å². The van der Waals surface area contributed by atoms with Gasteiger partial charge in [0.2, 0.25) is 21.9 Å². The number of anilines is 1. The molecule has 37 heavy (non-hydrogen) atoms. The van der Waals surface area contributed by atoms with Crippen molar-refractivity contribution in [3.8, 4) is 11.3 Å². The number of nitrogens with one attached hydrogen (secondary N) is 3. The van der Waals surface area contributed by atoms with E-state index in [1.54, 1.807) is 24.3 Å².